The number of aryl methyl sites for hydroxylation is 1. The van der Waals surface area contributed by atoms with Gasteiger partial charge in [0.1, 0.15) is 0 Å². The maximum atomic E-state index is 5.05. The first kappa shape index (κ1) is 9.87. The normalized spacial score (nSPS) is 9.69. The predicted molar refractivity (Wildman–Crippen MR) is 50.7 cm³/mol. The highest BCUT2D eigenvalue weighted by molar-refractivity contribution is 7.80. The zero-order valence-corrected chi connectivity index (χ0v) is 8.02. The van der Waals surface area contributed by atoms with E-state index in [0.29, 0.717) is 29.8 Å². The van der Waals surface area contributed by atoms with Crippen molar-refractivity contribution < 1.29 is 4.52 Å². The quantitative estimate of drug-likeness (QED) is 0.337. The molecule has 13 heavy (non-hydrogen) atoms. The molecular weight excluding hydrogens is 190 g/mol. The van der Waals surface area contributed by atoms with Crippen LogP contribution in [0.4, 0.5) is 0 Å². The Labute approximate surface area is 80.8 Å². The molecule has 0 aromatic carbocycles. The maximum Gasteiger partial charge on any atom is 0.223 e. The minimum Gasteiger partial charge on any atom is -0.361 e. The fourth-order valence-electron chi connectivity index (χ4n) is 0.782. The van der Waals surface area contributed by atoms with Crippen LogP contribution in [-0.2, 0) is 6.42 Å². The van der Waals surface area contributed by atoms with E-state index < -0.39 is 0 Å². The number of aromatic nitrogens is 2. The summed E-state index contributed by atoms with van der Waals surface area (Å²) in [6, 6.07) is 0. The SMILES string of the molecule is Cc1nc(CCNC(=S)NN)no1. The molecule has 0 unspecified atom stereocenters. The van der Waals surface area contributed by atoms with Crippen LogP contribution in [0.3, 0.4) is 0 Å². The van der Waals surface area contributed by atoms with E-state index in [1.165, 1.54) is 0 Å². The molecule has 1 rings (SSSR count). The summed E-state index contributed by atoms with van der Waals surface area (Å²) in [5, 5.41) is 6.98. The smallest absolute Gasteiger partial charge is 0.223 e. The number of rotatable bonds is 3. The van der Waals surface area contributed by atoms with Gasteiger partial charge >= 0.3 is 0 Å². The number of hydrogen-bond donors (Lipinski definition) is 3. The summed E-state index contributed by atoms with van der Waals surface area (Å²) < 4.78 is 4.79. The van der Waals surface area contributed by atoms with Gasteiger partial charge in [-0.3, -0.25) is 0 Å². The van der Waals surface area contributed by atoms with Crippen molar-refractivity contribution in [3.63, 3.8) is 0 Å². The van der Waals surface area contributed by atoms with E-state index in [9.17, 15) is 0 Å². The first-order chi connectivity index (χ1) is 6.22. The summed E-state index contributed by atoms with van der Waals surface area (Å²) in [6.07, 6.45) is 0.652. The number of thiocarbonyl (C=S) groups is 1. The molecule has 1 aromatic heterocycles. The van der Waals surface area contributed by atoms with Gasteiger partial charge in [-0.25, -0.2) is 5.84 Å². The average Bonchev–Trinajstić information content (AvgIpc) is 2.51. The van der Waals surface area contributed by atoms with E-state index in [2.05, 4.69) is 20.9 Å². The van der Waals surface area contributed by atoms with Crippen LogP contribution in [0.15, 0.2) is 4.52 Å². The summed E-state index contributed by atoms with van der Waals surface area (Å²) >= 11 is 4.76. The molecule has 0 atom stereocenters. The van der Waals surface area contributed by atoms with Crippen molar-refractivity contribution in [3.8, 4) is 0 Å². The standard InChI is InChI=1S/C6H11N5OS/c1-4-9-5(11-12-4)2-3-8-6(13)10-7/h2-3,7H2,1H3,(H2,8,10,13). The van der Waals surface area contributed by atoms with Crippen molar-refractivity contribution in [2.75, 3.05) is 6.54 Å². The van der Waals surface area contributed by atoms with Crippen LogP contribution in [0.1, 0.15) is 11.7 Å². The Kier molecular flexibility index (Phi) is 3.59. The molecule has 1 heterocycles. The zero-order chi connectivity index (χ0) is 9.68. The van der Waals surface area contributed by atoms with Crippen molar-refractivity contribution in [3.05, 3.63) is 11.7 Å². The van der Waals surface area contributed by atoms with Gasteiger partial charge in [0.25, 0.3) is 0 Å². The van der Waals surface area contributed by atoms with Crippen LogP contribution in [-0.4, -0.2) is 21.8 Å². The average molecular weight is 201 g/mol. The molecule has 0 saturated heterocycles. The Morgan fingerprint density at radius 3 is 3.00 bits per heavy atom. The second kappa shape index (κ2) is 4.73. The molecule has 0 fully saturated rings. The molecule has 0 saturated carbocycles. The molecular formula is C6H11N5OS. The number of hydrogen-bond acceptors (Lipinski definition) is 5. The molecule has 0 radical (unpaired) electrons. The van der Waals surface area contributed by atoms with E-state index >= 15 is 0 Å². The van der Waals surface area contributed by atoms with Gasteiger partial charge in [-0.1, -0.05) is 5.16 Å². The topological polar surface area (TPSA) is 89.0 Å². The lowest BCUT2D eigenvalue weighted by atomic mass is 10.4. The van der Waals surface area contributed by atoms with Gasteiger partial charge in [-0.15, -0.1) is 0 Å². The Morgan fingerprint density at radius 2 is 2.46 bits per heavy atom. The molecule has 0 aliphatic rings. The zero-order valence-electron chi connectivity index (χ0n) is 7.20. The predicted octanol–water partition coefficient (Wildman–Crippen LogP) is -0.742. The number of nitrogens with two attached hydrogens (primary N) is 1. The Balaban J connectivity index is 2.24. The number of nitrogens with one attached hydrogen (secondary N) is 2. The molecule has 6 nitrogen and oxygen atoms in total. The van der Waals surface area contributed by atoms with Gasteiger partial charge in [0.2, 0.25) is 5.89 Å². The van der Waals surface area contributed by atoms with E-state index in [0.717, 1.165) is 0 Å². The largest absolute Gasteiger partial charge is 0.361 e. The van der Waals surface area contributed by atoms with Crippen molar-refractivity contribution >= 4 is 17.3 Å². The Morgan fingerprint density at radius 1 is 1.69 bits per heavy atom. The highest BCUT2D eigenvalue weighted by atomic mass is 32.1. The van der Waals surface area contributed by atoms with Gasteiger partial charge in [0.15, 0.2) is 10.9 Å². The monoisotopic (exact) mass is 201 g/mol. The molecule has 7 heteroatoms. The molecule has 0 amide bonds. The first-order valence-electron chi connectivity index (χ1n) is 3.76. The Hall–Kier alpha value is -1.21. The minimum atomic E-state index is 0.403. The lowest BCUT2D eigenvalue weighted by Gasteiger charge is -2.03. The van der Waals surface area contributed by atoms with Gasteiger partial charge in [0.05, 0.1) is 0 Å². The number of hydrazine groups is 1. The van der Waals surface area contributed by atoms with E-state index in [1.54, 1.807) is 6.92 Å². The Bertz CT molecular complexity index is 286. The first-order valence-corrected chi connectivity index (χ1v) is 4.17. The lowest BCUT2D eigenvalue weighted by Crippen LogP contribution is -2.40. The molecule has 0 aliphatic carbocycles. The van der Waals surface area contributed by atoms with Crippen molar-refractivity contribution in [1.82, 2.24) is 20.9 Å². The number of nitrogens with zero attached hydrogens (tertiary/aromatic N) is 2. The highest BCUT2D eigenvalue weighted by Crippen LogP contribution is 1.94. The van der Waals surface area contributed by atoms with Gasteiger partial charge in [-0.05, 0) is 12.2 Å². The van der Waals surface area contributed by atoms with Crippen LogP contribution < -0.4 is 16.6 Å². The van der Waals surface area contributed by atoms with E-state index in [4.69, 9.17) is 22.6 Å². The van der Waals surface area contributed by atoms with Crippen LogP contribution in [0.2, 0.25) is 0 Å². The lowest BCUT2D eigenvalue weighted by molar-refractivity contribution is 0.387. The van der Waals surface area contributed by atoms with Crippen LogP contribution in [0, 0.1) is 6.92 Å². The van der Waals surface area contributed by atoms with Crippen LogP contribution in [0.5, 0.6) is 0 Å². The van der Waals surface area contributed by atoms with Gasteiger partial charge < -0.3 is 15.3 Å². The second-order valence-corrected chi connectivity index (χ2v) is 2.79. The van der Waals surface area contributed by atoms with Crippen LogP contribution >= 0.6 is 12.2 Å². The molecule has 0 bridgehead atoms. The van der Waals surface area contributed by atoms with Crippen molar-refractivity contribution in [1.29, 1.82) is 0 Å². The fraction of sp³-hybridized carbons (Fsp3) is 0.500. The summed E-state index contributed by atoms with van der Waals surface area (Å²) in [4.78, 5) is 4.02. The van der Waals surface area contributed by atoms with Gasteiger partial charge in [0, 0.05) is 19.9 Å². The molecule has 72 valence electrons. The summed E-state index contributed by atoms with van der Waals surface area (Å²) in [5.74, 6) is 6.27. The summed E-state index contributed by atoms with van der Waals surface area (Å²) in [7, 11) is 0. The summed E-state index contributed by atoms with van der Waals surface area (Å²) in [6.45, 7) is 2.37. The maximum absolute atomic E-state index is 5.05. The molecule has 0 spiro atoms. The third-order valence-electron chi connectivity index (χ3n) is 1.33. The van der Waals surface area contributed by atoms with Crippen molar-refractivity contribution in [2.45, 2.75) is 13.3 Å². The molecule has 0 aliphatic heterocycles. The fourth-order valence-corrected chi connectivity index (χ4v) is 0.884. The highest BCUT2D eigenvalue weighted by Gasteiger charge is 2.01. The van der Waals surface area contributed by atoms with Gasteiger partial charge in [-0.2, -0.15) is 4.98 Å². The third-order valence-corrected chi connectivity index (χ3v) is 1.60. The third kappa shape index (κ3) is 3.34. The van der Waals surface area contributed by atoms with Crippen molar-refractivity contribution in [2.24, 2.45) is 5.84 Å². The minimum absolute atomic E-state index is 0.403. The van der Waals surface area contributed by atoms with Crippen LogP contribution in [0.25, 0.3) is 0 Å². The van der Waals surface area contributed by atoms with E-state index in [1.807, 2.05) is 0 Å². The molecule has 1 aromatic rings. The summed E-state index contributed by atoms with van der Waals surface area (Å²) in [5.41, 5.74) is 2.31. The van der Waals surface area contributed by atoms with E-state index in [-0.39, 0.29) is 0 Å². The molecule has 4 N–H and O–H groups in total. The second-order valence-electron chi connectivity index (χ2n) is 2.38.